The summed E-state index contributed by atoms with van der Waals surface area (Å²) in [6.07, 6.45) is 3.71. The van der Waals surface area contributed by atoms with E-state index >= 15 is 0 Å². The number of hydrogen-bond acceptors (Lipinski definition) is 5. The van der Waals surface area contributed by atoms with Crippen LogP contribution < -0.4 is 20.5 Å². The van der Waals surface area contributed by atoms with Crippen LogP contribution in [0.5, 0.6) is 11.5 Å². The predicted octanol–water partition coefficient (Wildman–Crippen LogP) is 2.06. The van der Waals surface area contributed by atoms with Crippen molar-refractivity contribution in [3.8, 4) is 11.5 Å². The lowest BCUT2D eigenvalue weighted by Gasteiger charge is -2.31. The van der Waals surface area contributed by atoms with Crippen molar-refractivity contribution in [2.75, 3.05) is 25.2 Å². The number of fused-ring (bicyclic) bond motifs is 1. The Hall–Kier alpha value is -2.97. The number of nitrogens with one attached hydrogen (secondary N) is 1. The minimum absolute atomic E-state index is 0.0273. The molecule has 0 radical (unpaired) electrons. The number of carbonyl (C=O) groups is 1. The van der Waals surface area contributed by atoms with Crippen LogP contribution in [0.1, 0.15) is 43.5 Å². The molecule has 1 N–H and O–H groups in total. The summed E-state index contributed by atoms with van der Waals surface area (Å²) in [4.78, 5) is 26.8. The normalized spacial score (nSPS) is 19.1. The summed E-state index contributed by atoms with van der Waals surface area (Å²) in [5.41, 5.74) is 0.657. The fourth-order valence-electron chi connectivity index (χ4n) is 3.97. The standard InChI is InChI=1S/C19H23N5O4/c1-22-19(26)24(14-3-4-14)17(21-22)12-6-8-23(9-7-12)18(25)20-13-2-5-15-16(10-13)28-11-27-15/h2,5,10,12,14H,3-4,6-9,11H2,1H3,(H,20,25). The van der Waals surface area contributed by atoms with Gasteiger partial charge in [0.1, 0.15) is 5.82 Å². The molecule has 1 aromatic carbocycles. The predicted molar refractivity (Wildman–Crippen MR) is 101 cm³/mol. The molecule has 148 valence electrons. The topological polar surface area (TPSA) is 90.6 Å². The summed E-state index contributed by atoms with van der Waals surface area (Å²) >= 11 is 0. The molecule has 1 saturated carbocycles. The number of hydrogen-bond donors (Lipinski definition) is 1. The van der Waals surface area contributed by atoms with Gasteiger partial charge in [0.25, 0.3) is 0 Å². The van der Waals surface area contributed by atoms with Gasteiger partial charge in [-0.3, -0.25) is 4.57 Å². The highest BCUT2D eigenvalue weighted by atomic mass is 16.7. The van der Waals surface area contributed by atoms with Crippen LogP contribution in [0.15, 0.2) is 23.0 Å². The van der Waals surface area contributed by atoms with Gasteiger partial charge >= 0.3 is 11.7 Å². The highest BCUT2D eigenvalue weighted by molar-refractivity contribution is 5.89. The zero-order chi connectivity index (χ0) is 19.3. The van der Waals surface area contributed by atoms with E-state index < -0.39 is 0 Å². The summed E-state index contributed by atoms with van der Waals surface area (Å²) in [7, 11) is 1.71. The van der Waals surface area contributed by atoms with Gasteiger partial charge in [-0.25, -0.2) is 14.3 Å². The first kappa shape index (κ1) is 17.2. The molecule has 9 heteroatoms. The fraction of sp³-hybridized carbons (Fsp3) is 0.526. The molecular formula is C19H23N5O4. The molecular weight excluding hydrogens is 362 g/mol. The Morgan fingerprint density at radius 3 is 2.64 bits per heavy atom. The third kappa shape index (κ3) is 3.00. The van der Waals surface area contributed by atoms with Crippen LogP contribution in [0, 0.1) is 0 Å². The number of urea groups is 1. The van der Waals surface area contributed by atoms with E-state index in [9.17, 15) is 9.59 Å². The van der Waals surface area contributed by atoms with Crippen LogP contribution in [0.2, 0.25) is 0 Å². The van der Waals surface area contributed by atoms with Gasteiger partial charge in [-0.1, -0.05) is 0 Å². The lowest BCUT2D eigenvalue weighted by Crippen LogP contribution is -2.41. The van der Waals surface area contributed by atoms with Crippen molar-refractivity contribution >= 4 is 11.7 Å². The number of carbonyl (C=O) groups excluding carboxylic acids is 1. The molecule has 3 heterocycles. The largest absolute Gasteiger partial charge is 0.454 e. The van der Waals surface area contributed by atoms with E-state index in [-0.39, 0.29) is 24.4 Å². The second-order valence-electron chi connectivity index (χ2n) is 7.63. The van der Waals surface area contributed by atoms with Crippen molar-refractivity contribution in [2.45, 2.75) is 37.6 Å². The molecule has 28 heavy (non-hydrogen) atoms. The van der Waals surface area contributed by atoms with E-state index in [1.165, 1.54) is 4.68 Å². The number of anilines is 1. The van der Waals surface area contributed by atoms with Crippen molar-refractivity contribution in [3.05, 3.63) is 34.5 Å². The molecule has 1 aromatic heterocycles. The van der Waals surface area contributed by atoms with Gasteiger partial charge in [0.15, 0.2) is 11.5 Å². The van der Waals surface area contributed by atoms with Gasteiger partial charge in [-0.15, -0.1) is 0 Å². The molecule has 0 bridgehead atoms. The van der Waals surface area contributed by atoms with E-state index in [1.54, 1.807) is 25.2 Å². The van der Waals surface area contributed by atoms with E-state index in [0.29, 0.717) is 36.3 Å². The van der Waals surface area contributed by atoms with Gasteiger partial charge in [0, 0.05) is 43.9 Å². The van der Waals surface area contributed by atoms with Crippen LogP contribution in [0.3, 0.4) is 0 Å². The smallest absolute Gasteiger partial charge is 0.345 e. The molecule has 0 spiro atoms. The Labute approximate surface area is 161 Å². The Bertz CT molecular complexity index is 969. The number of amides is 2. The number of piperidine rings is 1. The SMILES string of the molecule is Cn1nc(C2CCN(C(=O)Nc3ccc4c(c3)OCO4)CC2)n(C2CC2)c1=O. The Morgan fingerprint density at radius 1 is 1.14 bits per heavy atom. The molecule has 1 aliphatic carbocycles. The van der Waals surface area contributed by atoms with Crippen molar-refractivity contribution < 1.29 is 14.3 Å². The summed E-state index contributed by atoms with van der Waals surface area (Å²) in [6, 6.07) is 5.55. The summed E-state index contributed by atoms with van der Waals surface area (Å²) < 4.78 is 13.9. The first-order chi connectivity index (χ1) is 13.6. The maximum absolute atomic E-state index is 12.6. The molecule has 2 fully saturated rings. The number of nitrogens with zero attached hydrogens (tertiary/aromatic N) is 4. The highest BCUT2D eigenvalue weighted by Gasteiger charge is 2.34. The van der Waals surface area contributed by atoms with Gasteiger partial charge in [0.2, 0.25) is 6.79 Å². The van der Waals surface area contributed by atoms with Gasteiger partial charge < -0.3 is 19.7 Å². The maximum Gasteiger partial charge on any atom is 0.345 e. The number of rotatable bonds is 3. The minimum Gasteiger partial charge on any atom is -0.454 e. The number of ether oxygens (including phenoxy) is 2. The molecule has 2 amide bonds. The molecule has 0 unspecified atom stereocenters. The van der Waals surface area contributed by atoms with Crippen LogP contribution in [0.25, 0.3) is 0 Å². The lowest BCUT2D eigenvalue weighted by molar-refractivity contribution is 0.174. The van der Waals surface area contributed by atoms with Crippen molar-refractivity contribution in [1.82, 2.24) is 19.2 Å². The number of aromatic nitrogens is 3. The zero-order valence-electron chi connectivity index (χ0n) is 15.8. The molecule has 1 saturated heterocycles. The third-order valence-corrected chi connectivity index (χ3v) is 5.67. The zero-order valence-corrected chi connectivity index (χ0v) is 15.8. The van der Waals surface area contributed by atoms with E-state index in [4.69, 9.17) is 9.47 Å². The third-order valence-electron chi connectivity index (χ3n) is 5.67. The number of likely N-dealkylation sites (tertiary alicyclic amines) is 1. The van der Waals surface area contributed by atoms with Gasteiger partial charge in [0.05, 0.1) is 0 Å². The Morgan fingerprint density at radius 2 is 1.89 bits per heavy atom. The average Bonchev–Trinajstić information content (AvgIpc) is 3.35. The van der Waals surface area contributed by atoms with Crippen LogP contribution in [-0.2, 0) is 7.05 Å². The highest BCUT2D eigenvalue weighted by Crippen LogP contribution is 2.38. The Kier molecular flexibility index (Phi) is 4.03. The van der Waals surface area contributed by atoms with E-state index in [1.807, 2.05) is 9.47 Å². The molecule has 9 nitrogen and oxygen atoms in total. The molecule has 0 atom stereocenters. The fourth-order valence-corrected chi connectivity index (χ4v) is 3.97. The summed E-state index contributed by atoms with van der Waals surface area (Å²) in [5.74, 6) is 2.43. The maximum atomic E-state index is 12.6. The molecule has 5 rings (SSSR count). The van der Waals surface area contributed by atoms with Crippen molar-refractivity contribution in [1.29, 1.82) is 0 Å². The van der Waals surface area contributed by atoms with Crippen LogP contribution in [0.4, 0.5) is 10.5 Å². The average molecular weight is 385 g/mol. The summed E-state index contributed by atoms with van der Waals surface area (Å²) in [5, 5.41) is 7.41. The van der Waals surface area contributed by atoms with E-state index in [2.05, 4.69) is 10.4 Å². The molecule has 2 aliphatic heterocycles. The Balaban J connectivity index is 1.23. The first-order valence-corrected chi connectivity index (χ1v) is 9.71. The quantitative estimate of drug-likeness (QED) is 0.873. The molecule has 3 aliphatic rings. The van der Waals surface area contributed by atoms with Crippen molar-refractivity contribution in [2.24, 2.45) is 7.05 Å². The van der Waals surface area contributed by atoms with Crippen LogP contribution >= 0.6 is 0 Å². The number of benzene rings is 1. The van der Waals surface area contributed by atoms with Gasteiger partial charge in [-0.2, -0.15) is 5.10 Å². The first-order valence-electron chi connectivity index (χ1n) is 9.71. The van der Waals surface area contributed by atoms with Gasteiger partial charge in [-0.05, 0) is 37.8 Å². The van der Waals surface area contributed by atoms with Crippen LogP contribution in [-0.4, -0.2) is 45.2 Å². The molecule has 2 aromatic rings. The monoisotopic (exact) mass is 385 g/mol. The second kappa shape index (κ2) is 6.57. The lowest BCUT2D eigenvalue weighted by atomic mass is 9.96. The van der Waals surface area contributed by atoms with E-state index in [0.717, 1.165) is 31.5 Å². The minimum atomic E-state index is -0.127. The number of aryl methyl sites for hydroxylation is 1. The van der Waals surface area contributed by atoms with Crippen molar-refractivity contribution in [3.63, 3.8) is 0 Å². The summed E-state index contributed by atoms with van der Waals surface area (Å²) in [6.45, 7) is 1.48. The second-order valence-corrected chi connectivity index (χ2v) is 7.63.